The van der Waals surface area contributed by atoms with Gasteiger partial charge in [0.2, 0.25) is 5.91 Å². The second kappa shape index (κ2) is 8.15. The van der Waals surface area contributed by atoms with Gasteiger partial charge in [-0.05, 0) is 12.3 Å². The summed E-state index contributed by atoms with van der Waals surface area (Å²) >= 11 is 1.31. The van der Waals surface area contributed by atoms with Crippen LogP contribution in [0.15, 0.2) is 30.3 Å². The van der Waals surface area contributed by atoms with Gasteiger partial charge in [-0.15, -0.1) is 11.8 Å². The Kier molecular flexibility index (Phi) is 6.21. The molecule has 2 rings (SSSR count). The number of nitrogens with zero attached hydrogens (tertiary/aromatic N) is 1. The topological polar surface area (TPSA) is 74.7 Å². The lowest BCUT2D eigenvalue weighted by Crippen LogP contribution is -2.45. The molecule has 0 aliphatic carbocycles. The van der Waals surface area contributed by atoms with Gasteiger partial charge in [0, 0.05) is 18.7 Å². The molecule has 5 nitrogen and oxygen atoms in total. The van der Waals surface area contributed by atoms with Crippen LogP contribution in [0.1, 0.15) is 23.7 Å². The fourth-order valence-corrected chi connectivity index (χ4v) is 3.58. The van der Waals surface area contributed by atoms with Crippen molar-refractivity contribution < 1.29 is 19.5 Å². The Balaban J connectivity index is 1.75. The summed E-state index contributed by atoms with van der Waals surface area (Å²) in [6.07, 6.45) is 0.496. The number of carbonyl (C=O) groups is 3. The summed E-state index contributed by atoms with van der Waals surface area (Å²) in [6.45, 7) is 2.82. The van der Waals surface area contributed by atoms with Gasteiger partial charge in [0.25, 0.3) is 0 Å². The molecule has 0 radical (unpaired) electrons. The van der Waals surface area contributed by atoms with E-state index in [2.05, 4.69) is 0 Å². The molecule has 0 bridgehead atoms. The number of benzene rings is 1. The van der Waals surface area contributed by atoms with Gasteiger partial charge < -0.3 is 10.0 Å². The highest BCUT2D eigenvalue weighted by molar-refractivity contribution is 8.00. The summed E-state index contributed by atoms with van der Waals surface area (Å²) in [6, 6.07) is 9.02. The van der Waals surface area contributed by atoms with Crippen molar-refractivity contribution in [1.82, 2.24) is 4.90 Å². The van der Waals surface area contributed by atoms with Gasteiger partial charge in [-0.2, -0.15) is 0 Å². The number of hydrogen-bond donors (Lipinski definition) is 1. The lowest BCUT2D eigenvalue weighted by atomic mass is 9.87. The van der Waals surface area contributed by atoms with Crippen LogP contribution in [-0.2, 0) is 9.59 Å². The third kappa shape index (κ3) is 4.82. The number of carboxylic acids is 1. The average molecular weight is 335 g/mol. The molecular formula is C17H21NO4S. The summed E-state index contributed by atoms with van der Waals surface area (Å²) in [5.41, 5.74) is 0.656. The molecule has 23 heavy (non-hydrogen) atoms. The Hall–Kier alpha value is -1.82. The minimum atomic E-state index is -0.785. The van der Waals surface area contributed by atoms with Crippen LogP contribution in [0, 0.1) is 11.8 Å². The number of amides is 1. The molecule has 1 aromatic rings. The molecule has 1 aromatic carbocycles. The van der Waals surface area contributed by atoms with E-state index in [4.69, 9.17) is 5.11 Å². The zero-order valence-corrected chi connectivity index (χ0v) is 13.9. The number of rotatable bonds is 6. The van der Waals surface area contributed by atoms with Gasteiger partial charge >= 0.3 is 5.97 Å². The maximum Gasteiger partial charge on any atom is 0.306 e. The molecule has 124 valence electrons. The highest BCUT2D eigenvalue weighted by Gasteiger charge is 2.32. The quantitative estimate of drug-likeness (QED) is 0.807. The van der Waals surface area contributed by atoms with Gasteiger partial charge in [0.05, 0.1) is 17.4 Å². The van der Waals surface area contributed by atoms with E-state index in [1.165, 1.54) is 11.8 Å². The van der Waals surface area contributed by atoms with E-state index < -0.39 is 5.97 Å². The van der Waals surface area contributed by atoms with Crippen LogP contribution in [0.3, 0.4) is 0 Å². The number of Topliss-reactive ketones (excluding diaryl/α,β-unsaturated/α-hetero) is 1. The number of hydrogen-bond acceptors (Lipinski definition) is 4. The third-order valence-corrected chi connectivity index (χ3v) is 5.05. The Labute approximate surface area is 140 Å². The number of aliphatic carboxylic acids is 1. The lowest BCUT2D eigenvalue weighted by Gasteiger charge is -2.34. The number of carboxylic acid groups (broad SMARTS) is 1. The SMILES string of the molecule is CC1CN(C(=O)CSCC(=O)c2ccccc2)CCC1C(=O)O. The molecule has 1 aliphatic rings. The Morgan fingerprint density at radius 2 is 1.91 bits per heavy atom. The molecule has 1 heterocycles. The normalized spacial score (nSPS) is 21.0. The molecule has 0 saturated carbocycles. The molecule has 1 N–H and O–H groups in total. The molecule has 2 unspecified atom stereocenters. The van der Waals surface area contributed by atoms with Gasteiger partial charge in [-0.3, -0.25) is 14.4 Å². The van der Waals surface area contributed by atoms with Gasteiger partial charge in [-0.25, -0.2) is 0 Å². The second-order valence-electron chi connectivity index (χ2n) is 5.83. The Bertz CT molecular complexity index is 575. The van der Waals surface area contributed by atoms with E-state index in [1.807, 2.05) is 25.1 Å². The summed E-state index contributed by atoms with van der Waals surface area (Å²) < 4.78 is 0. The highest BCUT2D eigenvalue weighted by atomic mass is 32.2. The zero-order valence-electron chi connectivity index (χ0n) is 13.1. The van der Waals surface area contributed by atoms with Crippen LogP contribution >= 0.6 is 11.8 Å². The monoisotopic (exact) mass is 335 g/mol. The molecule has 1 saturated heterocycles. The molecule has 6 heteroatoms. The fourth-order valence-electron chi connectivity index (χ4n) is 2.77. The molecule has 1 amide bonds. The first-order valence-electron chi connectivity index (χ1n) is 7.65. The van der Waals surface area contributed by atoms with Crippen LogP contribution in [0.25, 0.3) is 0 Å². The number of thioether (sulfide) groups is 1. The maximum atomic E-state index is 12.2. The second-order valence-corrected chi connectivity index (χ2v) is 6.82. The van der Waals surface area contributed by atoms with E-state index in [0.29, 0.717) is 25.1 Å². The summed E-state index contributed by atoms with van der Waals surface area (Å²) in [7, 11) is 0. The Morgan fingerprint density at radius 1 is 1.22 bits per heavy atom. The smallest absolute Gasteiger partial charge is 0.306 e. The summed E-state index contributed by atoms with van der Waals surface area (Å²) in [5.74, 6) is -0.673. The zero-order chi connectivity index (χ0) is 16.8. The molecule has 0 aromatic heterocycles. The summed E-state index contributed by atoms with van der Waals surface area (Å²) in [5, 5.41) is 9.10. The molecule has 2 atom stereocenters. The first-order chi connectivity index (χ1) is 11.0. The van der Waals surface area contributed by atoms with Crippen LogP contribution in [0.4, 0.5) is 0 Å². The number of ketones is 1. The van der Waals surface area contributed by atoms with E-state index in [-0.39, 0.29) is 35.0 Å². The molecular weight excluding hydrogens is 314 g/mol. The van der Waals surface area contributed by atoms with Crippen LogP contribution in [0.5, 0.6) is 0 Å². The minimum Gasteiger partial charge on any atom is -0.481 e. The number of likely N-dealkylation sites (tertiary alicyclic amines) is 1. The van der Waals surface area contributed by atoms with Crippen molar-refractivity contribution in [2.45, 2.75) is 13.3 Å². The summed E-state index contributed by atoms with van der Waals surface area (Å²) in [4.78, 5) is 36.9. The first-order valence-corrected chi connectivity index (χ1v) is 8.81. The average Bonchev–Trinajstić information content (AvgIpc) is 2.55. The van der Waals surface area contributed by atoms with Crippen LogP contribution < -0.4 is 0 Å². The molecule has 1 aliphatic heterocycles. The lowest BCUT2D eigenvalue weighted by molar-refractivity contribution is -0.147. The first kappa shape index (κ1) is 17.5. The van der Waals surface area contributed by atoms with E-state index in [0.717, 1.165) is 0 Å². The van der Waals surface area contributed by atoms with Crippen molar-refractivity contribution in [3.8, 4) is 0 Å². The predicted octanol–water partition coefficient (Wildman–Crippen LogP) is 2.17. The van der Waals surface area contributed by atoms with Crippen molar-refractivity contribution in [2.75, 3.05) is 24.6 Å². The molecule has 1 fully saturated rings. The molecule has 0 spiro atoms. The van der Waals surface area contributed by atoms with Gasteiger partial charge in [0.15, 0.2) is 5.78 Å². The van der Waals surface area contributed by atoms with Gasteiger partial charge in [-0.1, -0.05) is 37.3 Å². The largest absolute Gasteiger partial charge is 0.481 e. The number of carbonyl (C=O) groups excluding carboxylic acids is 2. The standard InChI is InChI=1S/C17H21NO4S/c1-12-9-18(8-7-14(12)17(21)22)16(20)11-23-10-15(19)13-5-3-2-4-6-13/h2-6,12,14H,7-11H2,1H3,(H,21,22). The van der Waals surface area contributed by atoms with Crippen LogP contribution in [-0.4, -0.2) is 52.3 Å². The van der Waals surface area contributed by atoms with E-state index >= 15 is 0 Å². The van der Waals surface area contributed by atoms with E-state index in [9.17, 15) is 14.4 Å². The van der Waals surface area contributed by atoms with Crippen molar-refractivity contribution in [3.05, 3.63) is 35.9 Å². The van der Waals surface area contributed by atoms with Crippen molar-refractivity contribution in [3.63, 3.8) is 0 Å². The highest BCUT2D eigenvalue weighted by Crippen LogP contribution is 2.24. The fraction of sp³-hybridized carbons (Fsp3) is 0.471. The predicted molar refractivity (Wildman–Crippen MR) is 89.6 cm³/mol. The van der Waals surface area contributed by atoms with Crippen molar-refractivity contribution in [1.29, 1.82) is 0 Å². The Morgan fingerprint density at radius 3 is 2.52 bits per heavy atom. The number of piperidine rings is 1. The van der Waals surface area contributed by atoms with Crippen molar-refractivity contribution in [2.24, 2.45) is 11.8 Å². The van der Waals surface area contributed by atoms with Gasteiger partial charge in [0.1, 0.15) is 0 Å². The minimum absolute atomic E-state index is 0.0151. The van der Waals surface area contributed by atoms with E-state index in [1.54, 1.807) is 17.0 Å². The van der Waals surface area contributed by atoms with Crippen molar-refractivity contribution >= 4 is 29.4 Å². The van der Waals surface area contributed by atoms with Crippen LogP contribution in [0.2, 0.25) is 0 Å². The third-order valence-electron chi connectivity index (χ3n) is 4.13. The maximum absolute atomic E-state index is 12.2.